The average Bonchev–Trinajstić information content (AvgIpc) is 2.11. The SMILES string of the molecule is Cc1ccc(Cl)c([C@H](Cl)CC(=O)Cl)c1Cl. The first-order valence-electron chi connectivity index (χ1n) is 4.20. The fourth-order valence-corrected chi connectivity index (χ4v) is 2.55. The van der Waals surface area contributed by atoms with Crippen LogP contribution in [0.4, 0.5) is 0 Å². The van der Waals surface area contributed by atoms with Crippen molar-refractivity contribution in [2.24, 2.45) is 0 Å². The Bertz CT molecular complexity index is 389. The number of hydrogen-bond acceptors (Lipinski definition) is 1. The molecule has 0 saturated carbocycles. The van der Waals surface area contributed by atoms with Gasteiger partial charge in [0.2, 0.25) is 5.24 Å². The minimum atomic E-state index is -0.588. The molecule has 0 aromatic heterocycles. The molecule has 1 aromatic carbocycles. The van der Waals surface area contributed by atoms with Gasteiger partial charge in [0.1, 0.15) is 0 Å². The molecule has 0 N–H and O–H groups in total. The van der Waals surface area contributed by atoms with Crippen LogP contribution in [0.2, 0.25) is 10.0 Å². The number of benzene rings is 1. The molecule has 0 saturated heterocycles. The Morgan fingerprint density at radius 2 is 2.00 bits per heavy atom. The van der Waals surface area contributed by atoms with Gasteiger partial charge in [-0.1, -0.05) is 29.3 Å². The summed E-state index contributed by atoms with van der Waals surface area (Å²) in [4.78, 5) is 10.7. The molecule has 82 valence electrons. The van der Waals surface area contributed by atoms with E-state index in [0.717, 1.165) is 5.56 Å². The number of hydrogen-bond donors (Lipinski definition) is 0. The van der Waals surface area contributed by atoms with Crippen molar-refractivity contribution in [2.75, 3.05) is 0 Å². The Morgan fingerprint density at radius 3 is 2.53 bits per heavy atom. The molecule has 0 heterocycles. The van der Waals surface area contributed by atoms with E-state index in [4.69, 9.17) is 46.4 Å². The second kappa shape index (κ2) is 5.40. The van der Waals surface area contributed by atoms with Crippen LogP contribution < -0.4 is 0 Å². The van der Waals surface area contributed by atoms with Crippen LogP contribution in [0.25, 0.3) is 0 Å². The molecule has 1 atom stereocenters. The second-order valence-corrected chi connectivity index (χ2v) is 4.85. The lowest BCUT2D eigenvalue weighted by atomic mass is 10.1. The van der Waals surface area contributed by atoms with Crippen molar-refractivity contribution in [3.05, 3.63) is 33.3 Å². The van der Waals surface area contributed by atoms with Crippen molar-refractivity contribution in [1.82, 2.24) is 0 Å². The van der Waals surface area contributed by atoms with Gasteiger partial charge in [-0.05, 0) is 30.2 Å². The molecular formula is C10H8Cl4O. The van der Waals surface area contributed by atoms with Gasteiger partial charge in [-0.15, -0.1) is 11.6 Å². The molecule has 0 spiro atoms. The molecule has 0 bridgehead atoms. The van der Waals surface area contributed by atoms with Crippen LogP contribution in [-0.4, -0.2) is 5.24 Å². The molecule has 15 heavy (non-hydrogen) atoms. The van der Waals surface area contributed by atoms with Crippen molar-refractivity contribution in [3.63, 3.8) is 0 Å². The number of rotatable bonds is 3. The van der Waals surface area contributed by atoms with E-state index in [1.807, 2.05) is 6.92 Å². The van der Waals surface area contributed by atoms with Crippen LogP contribution in [0, 0.1) is 6.92 Å². The third-order valence-electron chi connectivity index (χ3n) is 1.97. The van der Waals surface area contributed by atoms with Crippen LogP contribution in [0.3, 0.4) is 0 Å². The summed E-state index contributed by atoms with van der Waals surface area (Å²) in [6.07, 6.45) is 0.00596. The Balaban J connectivity index is 3.12. The first kappa shape index (κ1) is 13.1. The van der Waals surface area contributed by atoms with Crippen LogP contribution >= 0.6 is 46.4 Å². The number of alkyl halides is 1. The lowest BCUT2D eigenvalue weighted by Crippen LogP contribution is -1.99. The zero-order valence-corrected chi connectivity index (χ0v) is 10.9. The third-order valence-corrected chi connectivity index (χ3v) is 3.33. The van der Waals surface area contributed by atoms with Gasteiger partial charge in [0, 0.05) is 22.0 Å². The standard InChI is InChI=1S/C10H8Cl4O/c1-5-2-3-6(11)9(10(5)14)7(12)4-8(13)15/h2-3,7H,4H2,1H3/t7-/m1/s1. The van der Waals surface area contributed by atoms with E-state index < -0.39 is 10.6 Å². The molecule has 0 unspecified atom stereocenters. The largest absolute Gasteiger partial charge is 0.281 e. The van der Waals surface area contributed by atoms with E-state index in [2.05, 4.69) is 0 Å². The van der Waals surface area contributed by atoms with Gasteiger partial charge in [-0.2, -0.15) is 0 Å². The summed E-state index contributed by atoms with van der Waals surface area (Å²) in [6, 6.07) is 3.49. The Morgan fingerprint density at radius 1 is 1.40 bits per heavy atom. The highest BCUT2D eigenvalue weighted by Crippen LogP contribution is 2.38. The highest BCUT2D eigenvalue weighted by Gasteiger charge is 2.19. The van der Waals surface area contributed by atoms with Crippen molar-refractivity contribution in [2.45, 2.75) is 18.7 Å². The molecule has 1 rings (SSSR count). The van der Waals surface area contributed by atoms with E-state index in [1.165, 1.54) is 0 Å². The molecule has 0 aliphatic rings. The first-order valence-corrected chi connectivity index (χ1v) is 5.77. The molecule has 5 heteroatoms. The summed E-state index contributed by atoms with van der Waals surface area (Å²) < 4.78 is 0. The summed E-state index contributed by atoms with van der Waals surface area (Å²) in [7, 11) is 0. The smallest absolute Gasteiger partial charge is 0.223 e. The molecule has 0 aliphatic carbocycles. The third kappa shape index (κ3) is 3.25. The number of carbonyl (C=O) groups is 1. The highest BCUT2D eigenvalue weighted by atomic mass is 35.5. The van der Waals surface area contributed by atoms with Gasteiger partial charge >= 0.3 is 0 Å². The van der Waals surface area contributed by atoms with Gasteiger partial charge in [-0.3, -0.25) is 4.79 Å². The van der Waals surface area contributed by atoms with E-state index in [-0.39, 0.29) is 6.42 Å². The Hall–Kier alpha value is 0.0500. The minimum absolute atomic E-state index is 0.00596. The van der Waals surface area contributed by atoms with E-state index >= 15 is 0 Å². The monoisotopic (exact) mass is 284 g/mol. The normalized spacial score (nSPS) is 12.6. The predicted molar refractivity (Wildman–Crippen MR) is 65.3 cm³/mol. The summed E-state index contributed by atoms with van der Waals surface area (Å²) in [6.45, 7) is 1.84. The second-order valence-electron chi connectivity index (χ2n) is 3.12. The topological polar surface area (TPSA) is 17.1 Å². The minimum Gasteiger partial charge on any atom is -0.281 e. The lowest BCUT2D eigenvalue weighted by molar-refractivity contribution is -0.111. The molecular weight excluding hydrogens is 278 g/mol. The zero-order chi connectivity index (χ0) is 11.6. The predicted octanol–water partition coefficient (Wildman–Crippen LogP) is 4.74. The fraction of sp³-hybridized carbons (Fsp3) is 0.300. The molecule has 1 aromatic rings. The van der Waals surface area contributed by atoms with Crippen LogP contribution in [-0.2, 0) is 4.79 Å². The number of aryl methyl sites for hydroxylation is 1. The lowest BCUT2D eigenvalue weighted by Gasteiger charge is -2.13. The summed E-state index contributed by atoms with van der Waals surface area (Å²) in [5.74, 6) is 0. The highest BCUT2D eigenvalue weighted by molar-refractivity contribution is 6.63. The van der Waals surface area contributed by atoms with Crippen LogP contribution in [0.1, 0.15) is 22.9 Å². The van der Waals surface area contributed by atoms with Gasteiger partial charge < -0.3 is 0 Å². The number of carbonyl (C=O) groups excluding carboxylic acids is 1. The molecule has 0 aliphatic heterocycles. The maximum absolute atomic E-state index is 10.7. The molecule has 1 nitrogen and oxygen atoms in total. The molecule has 0 fully saturated rings. The van der Waals surface area contributed by atoms with Gasteiger partial charge in [0.15, 0.2) is 0 Å². The van der Waals surface area contributed by atoms with Crippen molar-refractivity contribution < 1.29 is 4.79 Å². The van der Waals surface area contributed by atoms with Crippen LogP contribution in [0.15, 0.2) is 12.1 Å². The summed E-state index contributed by atoms with van der Waals surface area (Å²) in [5, 5.41) is -0.164. The number of halogens is 4. The van der Waals surface area contributed by atoms with Crippen molar-refractivity contribution in [3.8, 4) is 0 Å². The maximum Gasteiger partial charge on any atom is 0.223 e. The maximum atomic E-state index is 10.7. The van der Waals surface area contributed by atoms with E-state index in [0.29, 0.717) is 15.6 Å². The van der Waals surface area contributed by atoms with Crippen LogP contribution in [0.5, 0.6) is 0 Å². The Kier molecular flexibility index (Phi) is 4.72. The molecule has 0 radical (unpaired) electrons. The Labute approximate surface area is 108 Å². The van der Waals surface area contributed by atoms with Crippen molar-refractivity contribution in [1.29, 1.82) is 0 Å². The van der Waals surface area contributed by atoms with Gasteiger partial charge in [0.05, 0.1) is 5.38 Å². The quantitative estimate of drug-likeness (QED) is 0.579. The summed E-state index contributed by atoms with van der Waals surface area (Å²) in [5.41, 5.74) is 1.43. The van der Waals surface area contributed by atoms with E-state index in [1.54, 1.807) is 12.1 Å². The fourth-order valence-electron chi connectivity index (χ4n) is 1.21. The first-order chi connectivity index (χ1) is 6.93. The van der Waals surface area contributed by atoms with Gasteiger partial charge in [-0.25, -0.2) is 0 Å². The van der Waals surface area contributed by atoms with E-state index in [9.17, 15) is 4.79 Å². The van der Waals surface area contributed by atoms with Crippen molar-refractivity contribution >= 4 is 51.6 Å². The zero-order valence-electron chi connectivity index (χ0n) is 7.86. The molecule has 0 amide bonds. The van der Waals surface area contributed by atoms with Gasteiger partial charge in [0.25, 0.3) is 0 Å². The average molecular weight is 286 g/mol. The summed E-state index contributed by atoms with van der Waals surface area (Å²) >= 11 is 23.3.